The Morgan fingerprint density at radius 2 is 1.65 bits per heavy atom. The first-order valence-corrected chi connectivity index (χ1v) is 10.3. The number of aryl methyl sites for hydroxylation is 2. The molecular weight excluding hydrogens is 394 g/mol. The molecule has 8 nitrogen and oxygen atoms in total. The van der Waals surface area contributed by atoms with Gasteiger partial charge in [-0.05, 0) is 49.6 Å². The predicted octanol–water partition coefficient (Wildman–Crippen LogP) is 2.99. The number of nitrogens with zero attached hydrogens (tertiary/aromatic N) is 4. The van der Waals surface area contributed by atoms with E-state index in [1.165, 1.54) is 7.05 Å². The first-order chi connectivity index (χ1) is 14.8. The fourth-order valence-corrected chi connectivity index (χ4v) is 4.14. The molecule has 1 atom stereocenters. The van der Waals surface area contributed by atoms with Crippen LogP contribution in [0.15, 0.2) is 47.5 Å². The lowest BCUT2D eigenvalue weighted by Crippen LogP contribution is -2.78. The van der Waals surface area contributed by atoms with Gasteiger partial charge in [0.25, 0.3) is 11.6 Å². The van der Waals surface area contributed by atoms with Gasteiger partial charge < -0.3 is 9.80 Å². The Bertz CT molecular complexity index is 1070. The number of likely N-dealkylation sites (N-methyl/N-ethyl adjacent to an activating group) is 3. The number of nitrogens with one attached hydrogen (secondary N) is 1. The standard InChI is InChI=1S/C23H27N5O3/c1-6-28-19-13-16(3)15(2)12-18(19)26(4)20-23(28,21(29)27(5)22(30)24-20)25-31-14-17-10-8-7-9-11-17/h7-13,25H,6,14H2,1-5H3. The molecule has 0 fully saturated rings. The van der Waals surface area contributed by atoms with Crippen LogP contribution in [0.1, 0.15) is 23.6 Å². The van der Waals surface area contributed by atoms with Crippen molar-refractivity contribution < 1.29 is 14.4 Å². The third kappa shape index (κ3) is 3.19. The van der Waals surface area contributed by atoms with E-state index in [1.54, 1.807) is 4.90 Å². The molecule has 31 heavy (non-hydrogen) atoms. The third-order valence-electron chi connectivity index (χ3n) is 6.01. The van der Waals surface area contributed by atoms with Crippen LogP contribution in [-0.2, 0) is 16.2 Å². The highest BCUT2D eigenvalue weighted by Crippen LogP contribution is 2.42. The molecule has 2 heterocycles. The van der Waals surface area contributed by atoms with E-state index in [-0.39, 0.29) is 6.61 Å². The Morgan fingerprint density at radius 1 is 1.00 bits per heavy atom. The lowest BCUT2D eigenvalue weighted by Gasteiger charge is -2.52. The molecule has 0 aromatic heterocycles. The van der Waals surface area contributed by atoms with Crippen molar-refractivity contribution in [3.8, 4) is 0 Å². The molecular formula is C23H27N5O3. The van der Waals surface area contributed by atoms with Gasteiger partial charge in [-0.15, -0.1) is 0 Å². The zero-order valence-corrected chi connectivity index (χ0v) is 18.5. The molecule has 0 saturated carbocycles. The van der Waals surface area contributed by atoms with Gasteiger partial charge in [-0.25, -0.2) is 4.79 Å². The number of fused-ring (bicyclic) bond motifs is 2. The molecule has 0 aliphatic carbocycles. The number of carbonyl (C=O) groups excluding carboxylic acids is 2. The molecule has 0 bridgehead atoms. The van der Waals surface area contributed by atoms with Gasteiger partial charge in [0.15, 0.2) is 5.84 Å². The van der Waals surface area contributed by atoms with E-state index >= 15 is 0 Å². The van der Waals surface area contributed by atoms with Gasteiger partial charge in [0.1, 0.15) is 0 Å². The van der Waals surface area contributed by atoms with Crippen molar-refractivity contribution in [1.29, 1.82) is 0 Å². The van der Waals surface area contributed by atoms with E-state index in [0.29, 0.717) is 12.4 Å². The molecule has 2 aromatic carbocycles. The van der Waals surface area contributed by atoms with Gasteiger partial charge in [0, 0.05) is 20.6 Å². The summed E-state index contributed by atoms with van der Waals surface area (Å²) < 4.78 is 0. The minimum atomic E-state index is -1.46. The van der Waals surface area contributed by atoms with Crippen LogP contribution < -0.4 is 15.3 Å². The SMILES string of the molecule is CCN1c2cc(C)c(C)cc2N(C)C2=NC(=O)N(C)C(=O)C21NOCc1ccccc1. The number of amidine groups is 1. The van der Waals surface area contributed by atoms with Crippen molar-refractivity contribution >= 4 is 29.1 Å². The highest BCUT2D eigenvalue weighted by atomic mass is 16.7. The van der Waals surface area contributed by atoms with E-state index in [1.807, 2.05) is 63.1 Å². The third-order valence-corrected chi connectivity index (χ3v) is 6.01. The van der Waals surface area contributed by atoms with E-state index < -0.39 is 17.6 Å². The summed E-state index contributed by atoms with van der Waals surface area (Å²) in [7, 11) is 3.26. The van der Waals surface area contributed by atoms with Gasteiger partial charge >= 0.3 is 6.03 Å². The molecule has 2 aliphatic heterocycles. The fourth-order valence-electron chi connectivity index (χ4n) is 4.14. The topological polar surface area (TPSA) is 77.5 Å². The highest BCUT2D eigenvalue weighted by molar-refractivity contribution is 6.29. The van der Waals surface area contributed by atoms with Crippen molar-refractivity contribution in [2.45, 2.75) is 33.0 Å². The lowest BCUT2D eigenvalue weighted by atomic mass is 9.94. The van der Waals surface area contributed by atoms with Crippen molar-refractivity contribution in [2.24, 2.45) is 4.99 Å². The van der Waals surface area contributed by atoms with Gasteiger partial charge in [-0.1, -0.05) is 30.3 Å². The number of imide groups is 1. The predicted molar refractivity (Wildman–Crippen MR) is 120 cm³/mol. The summed E-state index contributed by atoms with van der Waals surface area (Å²) in [5.74, 6) is -0.139. The molecule has 2 aliphatic rings. The maximum atomic E-state index is 13.6. The number of hydroxylamine groups is 1. The fraction of sp³-hybridized carbons (Fsp3) is 0.348. The molecule has 0 radical (unpaired) electrons. The van der Waals surface area contributed by atoms with Crippen molar-refractivity contribution in [3.63, 3.8) is 0 Å². The number of carbonyl (C=O) groups is 2. The van der Waals surface area contributed by atoms with E-state index in [0.717, 1.165) is 33.0 Å². The minimum absolute atomic E-state index is 0.252. The quantitative estimate of drug-likeness (QED) is 0.748. The van der Waals surface area contributed by atoms with Gasteiger partial charge in [0.2, 0.25) is 0 Å². The molecule has 3 amide bonds. The number of anilines is 2. The number of aliphatic imine (C=N–C) groups is 1. The molecule has 162 valence electrons. The number of rotatable bonds is 5. The Balaban J connectivity index is 1.84. The molecule has 8 heteroatoms. The van der Waals surface area contributed by atoms with Crippen LogP contribution in [0.2, 0.25) is 0 Å². The van der Waals surface area contributed by atoms with E-state index in [4.69, 9.17) is 4.84 Å². The van der Waals surface area contributed by atoms with Crippen LogP contribution in [0, 0.1) is 13.8 Å². The summed E-state index contributed by atoms with van der Waals surface area (Å²) in [4.78, 5) is 41.0. The number of benzene rings is 2. The minimum Gasteiger partial charge on any atom is -0.336 e. The highest BCUT2D eigenvalue weighted by Gasteiger charge is 2.59. The molecule has 1 unspecified atom stereocenters. The number of hydrogen-bond donors (Lipinski definition) is 1. The first-order valence-electron chi connectivity index (χ1n) is 10.3. The van der Waals surface area contributed by atoms with Gasteiger partial charge in [-0.2, -0.15) is 10.5 Å². The summed E-state index contributed by atoms with van der Waals surface area (Å²) in [6.07, 6.45) is 0. The smallest absolute Gasteiger partial charge is 0.336 e. The average Bonchev–Trinajstić information content (AvgIpc) is 2.76. The molecule has 1 N–H and O–H groups in total. The summed E-state index contributed by atoms with van der Waals surface area (Å²) in [6.45, 7) is 6.79. The Morgan fingerprint density at radius 3 is 2.29 bits per heavy atom. The Labute approximate surface area is 182 Å². The van der Waals surface area contributed by atoms with Gasteiger partial charge in [0.05, 0.1) is 18.0 Å². The maximum Gasteiger partial charge on any atom is 0.351 e. The molecule has 4 rings (SSSR count). The van der Waals surface area contributed by atoms with Crippen LogP contribution in [0.4, 0.5) is 16.2 Å². The average molecular weight is 422 g/mol. The zero-order valence-electron chi connectivity index (χ0n) is 18.5. The van der Waals surface area contributed by atoms with Crippen molar-refractivity contribution in [2.75, 3.05) is 30.4 Å². The summed E-state index contributed by atoms with van der Waals surface area (Å²) in [6, 6.07) is 13.2. The second-order valence-corrected chi connectivity index (χ2v) is 7.90. The summed E-state index contributed by atoms with van der Waals surface area (Å²) in [5.41, 5.74) is 6.48. The van der Waals surface area contributed by atoms with Crippen LogP contribution in [-0.4, -0.2) is 49.0 Å². The van der Waals surface area contributed by atoms with Crippen molar-refractivity contribution in [3.05, 3.63) is 59.2 Å². The van der Waals surface area contributed by atoms with Crippen LogP contribution in [0.3, 0.4) is 0 Å². The normalized spacial score (nSPS) is 20.5. The zero-order chi connectivity index (χ0) is 22.3. The maximum absolute atomic E-state index is 13.6. The summed E-state index contributed by atoms with van der Waals surface area (Å²) in [5, 5.41) is 0. The lowest BCUT2D eigenvalue weighted by molar-refractivity contribution is -0.138. The molecule has 2 aromatic rings. The van der Waals surface area contributed by atoms with Crippen molar-refractivity contribution in [1.82, 2.24) is 10.4 Å². The van der Waals surface area contributed by atoms with E-state index in [2.05, 4.69) is 22.6 Å². The van der Waals surface area contributed by atoms with Gasteiger partial charge in [-0.3, -0.25) is 14.5 Å². The Kier molecular flexibility index (Phi) is 5.28. The monoisotopic (exact) mass is 421 g/mol. The number of hydrogen-bond acceptors (Lipinski definition) is 6. The summed E-state index contributed by atoms with van der Waals surface area (Å²) >= 11 is 0. The molecule has 0 spiro atoms. The van der Waals surface area contributed by atoms with Crippen LogP contribution in [0.25, 0.3) is 0 Å². The van der Waals surface area contributed by atoms with E-state index in [9.17, 15) is 9.59 Å². The first kappa shape index (κ1) is 21.0. The Hall–Kier alpha value is -3.23. The largest absolute Gasteiger partial charge is 0.351 e. The molecule has 0 saturated heterocycles. The second-order valence-electron chi connectivity index (χ2n) is 7.90. The number of amides is 3. The van der Waals surface area contributed by atoms with Crippen LogP contribution >= 0.6 is 0 Å². The van der Waals surface area contributed by atoms with Crippen LogP contribution in [0.5, 0.6) is 0 Å². The second kappa shape index (κ2) is 7.79. The number of urea groups is 1.